The second kappa shape index (κ2) is 7.37. The minimum Gasteiger partial charge on any atom is -0.336 e. The number of amides is 2. The number of imidazole rings is 1. The first-order valence-corrected chi connectivity index (χ1v) is 9.30. The van der Waals surface area contributed by atoms with E-state index < -0.39 is 0 Å². The lowest BCUT2D eigenvalue weighted by atomic mass is 10.2. The smallest absolute Gasteiger partial charge is 0.243 e. The fourth-order valence-corrected chi connectivity index (χ4v) is 3.61. The van der Waals surface area contributed by atoms with Crippen molar-refractivity contribution in [3.8, 4) is 0 Å². The van der Waals surface area contributed by atoms with E-state index in [9.17, 15) is 9.59 Å². The van der Waals surface area contributed by atoms with Crippen LogP contribution in [0.15, 0.2) is 40.4 Å². The number of nitrogens with zero attached hydrogens (tertiary/aromatic N) is 3. The highest BCUT2D eigenvalue weighted by Gasteiger charge is 2.16. The van der Waals surface area contributed by atoms with Gasteiger partial charge in [-0.05, 0) is 30.7 Å². The summed E-state index contributed by atoms with van der Waals surface area (Å²) in [6, 6.07) is 5.62. The molecule has 0 saturated heterocycles. The highest BCUT2D eigenvalue weighted by atomic mass is 79.9. The number of carbonyl (C=O) groups is 2. The number of aryl methyl sites for hydroxylation is 1. The lowest BCUT2D eigenvalue weighted by Gasteiger charge is -2.17. The minimum atomic E-state index is -0.230. The third-order valence-corrected chi connectivity index (χ3v) is 5.01. The van der Waals surface area contributed by atoms with Crippen LogP contribution < -0.4 is 5.32 Å². The van der Waals surface area contributed by atoms with E-state index in [0.717, 1.165) is 20.7 Å². The van der Waals surface area contributed by atoms with Gasteiger partial charge in [-0.2, -0.15) is 0 Å². The quantitative estimate of drug-likeness (QED) is 0.689. The molecular weight excluding hydrogens is 404 g/mol. The summed E-state index contributed by atoms with van der Waals surface area (Å²) in [5.74, 6) is -0.375. The normalized spacial score (nSPS) is 10.8. The Morgan fingerprint density at radius 1 is 1.40 bits per heavy atom. The number of thiazole rings is 1. The van der Waals surface area contributed by atoms with E-state index in [1.54, 1.807) is 7.05 Å². The fraction of sp³-hybridized carbons (Fsp3) is 0.235. The zero-order valence-corrected chi connectivity index (χ0v) is 16.2. The average molecular weight is 421 g/mol. The molecule has 3 rings (SSSR count). The predicted molar refractivity (Wildman–Crippen MR) is 102 cm³/mol. The number of nitrogens with one attached hydrogen (secondary N) is 1. The van der Waals surface area contributed by atoms with Crippen LogP contribution in [0.3, 0.4) is 0 Å². The highest BCUT2D eigenvalue weighted by Crippen LogP contribution is 2.20. The first kappa shape index (κ1) is 17.6. The van der Waals surface area contributed by atoms with Gasteiger partial charge in [-0.1, -0.05) is 15.9 Å². The van der Waals surface area contributed by atoms with Gasteiger partial charge in [-0.15, -0.1) is 11.3 Å². The molecule has 1 aromatic carbocycles. The van der Waals surface area contributed by atoms with Gasteiger partial charge >= 0.3 is 0 Å². The summed E-state index contributed by atoms with van der Waals surface area (Å²) in [6.07, 6.45) is 3.91. The summed E-state index contributed by atoms with van der Waals surface area (Å²) in [7, 11) is 1.62. The SMILES string of the molecule is Cc1cc(Br)ccc1NC(=O)CN(C)C(=O)Cc1cn2ccsc2n1. The third kappa shape index (κ3) is 4.26. The molecule has 2 heterocycles. The number of carbonyl (C=O) groups excluding carboxylic acids is 2. The van der Waals surface area contributed by atoms with Crippen LogP contribution in [0, 0.1) is 6.92 Å². The molecule has 0 aliphatic carbocycles. The Bertz CT molecular complexity index is 905. The number of halogens is 1. The maximum Gasteiger partial charge on any atom is 0.243 e. The molecule has 130 valence electrons. The summed E-state index contributed by atoms with van der Waals surface area (Å²) in [5.41, 5.74) is 2.39. The standard InChI is InChI=1S/C17H17BrN4O2S/c1-11-7-12(18)3-4-14(11)20-15(23)10-21(2)16(24)8-13-9-22-5-6-25-17(22)19-13/h3-7,9H,8,10H2,1-2H3,(H,20,23). The average Bonchev–Trinajstić information content (AvgIpc) is 3.11. The molecule has 25 heavy (non-hydrogen) atoms. The van der Waals surface area contributed by atoms with Gasteiger partial charge < -0.3 is 10.2 Å². The summed E-state index contributed by atoms with van der Waals surface area (Å²) in [6.45, 7) is 1.91. The topological polar surface area (TPSA) is 66.7 Å². The van der Waals surface area contributed by atoms with Crippen LogP contribution >= 0.6 is 27.3 Å². The van der Waals surface area contributed by atoms with Crippen LogP contribution in [0.25, 0.3) is 4.96 Å². The molecule has 0 aliphatic rings. The molecule has 0 radical (unpaired) electrons. The van der Waals surface area contributed by atoms with Crippen molar-refractivity contribution in [3.05, 3.63) is 51.7 Å². The van der Waals surface area contributed by atoms with Crippen LogP contribution in [-0.4, -0.2) is 39.7 Å². The summed E-state index contributed by atoms with van der Waals surface area (Å²) < 4.78 is 2.84. The number of aromatic nitrogens is 2. The zero-order chi connectivity index (χ0) is 18.0. The maximum atomic E-state index is 12.3. The van der Waals surface area contributed by atoms with Crippen LogP contribution in [0.5, 0.6) is 0 Å². The van der Waals surface area contributed by atoms with Crippen LogP contribution in [0.2, 0.25) is 0 Å². The van der Waals surface area contributed by atoms with E-state index in [2.05, 4.69) is 26.2 Å². The Balaban J connectivity index is 1.56. The molecule has 1 N–H and O–H groups in total. The van der Waals surface area contributed by atoms with Crippen molar-refractivity contribution >= 4 is 49.7 Å². The molecule has 8 heteroatoms. The Morgan fingerprint density at radius 3 is 2.92 bits per heavy atom. The lowest BCUT2D eigenvalue weighted by molar-refractivity contribution is -0.132. The van der Waals surface area contributed by atoms with Crippen molar-refractivity contribution in [2.75, 3.05) is 18.9 Å². The van der Waals surface area contributed by atoms with Crippen molar-refractivity contribution in [3.63, 3.8) is 0 Å². The first-order valence-electron chi connectivity index (χ1n) is 7.63. The van der Waals surface area contributed by atoms with Crippen molar-refractivity contribution in [2.45, 2.75) is 13.3 Å². The Hall–Kier alpha value is -2.19. The molecule has 2 amide bonds. The molecule has 0 aliphatic heterocycles. The van der Waals surface area contributed by atoms with Crippen LogP contribution in [-0.2, 0) is 16.0 Å². The summed E-state index contributed by atoms with van der Waals surface area (Å²) >= 11 is 4.91. The maximum absolute atomic E-state index is 12.3. The summed E-state index contributed by atoms with van der Waals surface area (Å²) in [5, 5.41) is 4.77. The van der Waals surface area contributed by atoms with E-state index in [4.69, 9.17) is 0 Å². The third-order valence-electron chi connectivity index (χ3n) is 3.74. The molecule has 6 nitrogen and oxygen atoms in total. The second-order valence-electron chi connectivity index (χ2n) is 5.76. The van der Waals surface area contributed by atoms with Gasteiger partial charge in [-0.25, -0.2) is 4.98 Å². The van der Waals surface area contributed by atoms with Crippen LogP contribution in [0.1, 0.15) is 11.3 Å². The number of hydrogen-bond donors (Lipinski definition) is 1. The molecule has 2 aromatic heterocycles. The Labute approximate surface area is 157 Å². The predicted octanol–water partition coefficient (Wildman–Crippen LogP) is 3.11. The highest BCUT2D eigenvalue weighted by molar-refractivity contribution is 9.10. The molecule has 3 aromatic rings. The number of hydrogen-bond acceptors (Lipinski definition) is 4. The van der Waals surface area contributed by atoms with E-state index in [-0.39, 0.29) is 24.8 Å². The van der Waals surface area contributed by atoms with E-state index in [0.29, 0.717) is 5.69 Å². The number of anilines is 1. The van der Waals surface area contributed by atoms with E-state index in [1.165, 1.54) is 16.2 Å². The fourth-order valence-electron chi connectivity index (χ4n) is 2.41. The molecule has 0 fully saturated rings. The lowest BCUT2D eigenvalue weighted by Crippen LogP contribution is -2.36. The molecular formula is C17H17BrN4O2S. The van der Waals surface area contributed by atoms with E-state index in [1.807, 2.05) is 47.3 Å². The van der Waals surface area contributed by atoms with Crippen molar-refractivity contribution in [1.82, 2.24) is 14.3 Å². The van der Waals surface area contributed by atoms with Gasteiger partial charge in [0.25, 0.3) is 0 Å². The van der Waals surface area contributed by atoms with E-state index >= 15 is 0 Å². The Morgan fingerprint density at radius 2 is 2.20 bits per heavy atom. The molecule has 0 unspecified atom stereocenters. The van der Waals surface area contributed by atoms with Gasteiger partial charge in [-0.3, -0.25) is 14.0 Å². The monoisotopic (exact) mass is 420 g/mol. The second-order valence-corrected chi connectivity index (χ2v) is 7.55. The number of fused-ring (bicyclic) bond motifs is 1. The Kier molecular flexibility index (Phi) is 5.19. The first-order chi connectivity index (χ1) is 11.9. The van der Waals surface area contributed by atoms with Gasteiger partial charge in [0.05, 0.1) is 18.7 Å². The van der Waals surface area contributed by atoms with Crippen molar-refractivity contribution < 1.29 is 9.59 Å². The van der Waals surface area contributed by atoms with Gasteiger partial charge in [0.15, 0.2) is 4.96 Å². The largest absolute Gasteiger partial charge is 0.336 e. The number of benzene rings is 1. The molecule has 0 saturated carbocycles. The molecule has 0 atom stereocenters. The van der Waals surface area contributed by atoms with Crippen molar-refractivity contribution in [2.24, 2.45) is 0 Å². The summed E-state index contributed by atoms with van der Waals surface area (Å²) in [4.78, 5) is 31.1. The van der Waals surface area contributed by atoms with Gasteiger partial charge in [0, 0.05) is 35.0 Å². The van der Waals surface area contributed by atoms with Gasteiger partial charge in [0.1, 0.15) is 0 Å². The molecule has 0 bridgehead atoms. The number of rotatable bonds is 5. The molecule has 0 spiro atoms. The zero-order valence-electron chi connectivity index (χ0n) is 13.8. The van der Waals surface area contributed by atoms with Crippen molar-refractivity contribution in [1.29, 1.82) is 0 Å². The van der Waals surface area contributed by atoms with Gasteiger partial charge in [0.2, 0.25) is 11.8 Å². The van der Waals surface area contributed by atoms with Crippen LogP contribution in [0.4, 0.5) is 5.69 Å². The minimum absolute atomic E-state index is 0.00342. The number of likely N-dealkylation sites (N-methyl/N-ethyl adjacent to an activating group) is 1.